The fourth-order valence-electron chi connectivity index (χ4n) is 5.03. The van der Waals surface area contributed by atoms with E-state index in [0.29, 0.717) is 6.04 Å². The predicted octanol–water partition coefficient (Wildman–Crippen LogP) is 4.42. The van der Waals surface area contributed by atoms with Crippen molar-refractivity contribution < 1.29 is 14.3 Å². The van der Waals surface area contributed by atoms with Gasteiger partial charge < -0.3 is 19.7 Å². The third kappa shape index (κ3) is 7.24. The molecule has 1 aromatic rings. The Hall–Kier alpha value is -1.11. The highest BCUT2D eigenvalue weighted by Crippen LogP contribution is 2.30. The maximum atomic E-state index is 11.7. The van der Waals surface area contributed by atoms with Crippen LogP contribution < -0.4 is 10.1 Å². The van der Waals surface area contributed by atoms with Gasteiger partial charge in [0.1, 0.15) is 12.4 Å². The molecular formula is C24H37BrN2O3. The van der Waals surface area contributed by atoms with E-state index in [9.17, 15) is 4.79 Å². The number of amides is 1. The number of hydrogen-bond donors (Lipinski definition) is 1. The van der Waals surface area contributed by atoms with Crippen molar-refractivity contribution in [1.82, 2.24) is 10.2 Å². The molecule has 1 aromatic carbocycles. The van der Waals surface area contributed by atoms with Gasteiger partial charge in [0.15, 0.2) is 0 Å². The Morgan fingerprint density at radius 1 is 1.17 bits per heavy atom. The van der Waals surface area contributed by atoms with Crippen LogP contribution in [0.5, 0.6) is 5.75 Å². The third-order valence-electron chi connectivity index (χ3n) is 6.71. The Balaban J connectivity index is 1.31. The van der Waals surface area contributed by atoms with E-state index >= 15 is 0 Å². The number of halogens is 1. The zero-order valence-electron chi connectivity index (χ0n) is 18.5. The van der Waals surface area contributed by atoms with Gasteiger partial charge in [0.2, 0.25) is 5.91 Å². The molecule has 5 nitrogen and oxygen atoms in total. The number of carbonyl (C=O) groups is 1. The lowest BCUT2D eigenvalue weighted by Gasteiger charge is -2.29. The maximum absolute atomic E-state index is 11.7. The predicted molar refractivity (Wildman–Crippen MR) is 124 cm³/mol. The van der Waals surface area contributed by atoms with Gasteiger partial charge in [0.25, 0.3) is 0 Å². The third-order valence-corrected chi connectivity index (χ3v) is 7.48. The highest BCUT2D eigenvalue weighted by molar-refractivity contribution is 9.10. The van der Waals surface area contributed by atoms with E-state index in [1.807, 2.05) is 6.07 Å². The second-order valence-electron chi connectivity index (χ2n) is 8.98. The summed E-state index contributed by atoms with van der Waals surface area (Å²) in [5, 5.41) is 3.09. The Morgan fingerprint density at radius 3 is 2.70 bits per heavy atom. The first kappa shape index (κ1) is 23.6. The van der Waals surface area contributed by atoms with Gasteiger partial charge >= 0.3 is 0 Å². The molecule has 0 spiro atoms. The van der Waals surface area contributed by atoms with E-state index in [4.69, 9.17) is 9.47 Å². The van der Waals surface area contributed by atoms with E-state index in [-0.39, 0.29) is 12.5 Å². The van der Waals surface area contributed by atoms with Crippen LogP contribution >= 0.6 is 15.9 Å². The van der Waals surface area contributed by atoms with Crippen molar-refractivity contribution in [1.29, 1.82) is 0 Å². The quantitative estimate of drug-likeness (QED) is 0.538. The van der Waals surface area contributed by atoms with E-state index < -0.39 is 0 Å². The summed E-state index contributed by atoms with van der Waals surface area (Å²) in [5.41, 5.74) is 1.36. The maximum Gasteiger partial charge on any atom is 0.246 e. The van der Waals surface area contributed by atoms with Gasteiger partial charge in [-0.2, -0.15) is 0 Å². The number of nitrogens with zero attached hydrogens (tertiary/aromatic N) is 1. The van der Waals surface area contributed by atoms with Crippen molar-refractivity contribution in [2.24, 2.45) is 11.8 Å². The van der Waals surface area contributed by atoms with Crippen LogP contribution in [0.25, 0.3) is 0 Å². The van der Waals surface area contributed by atoms with Crippen molar-refractivity contribution in [2.75, 3.05) is 40.5 Å². The molecule has 0 aromatic heterocycles. The zero-order valence-corrected chi connectivity index (χ0v) is 20.1. The van der Waals surface area contributed by atoms with Crippen molar-refractivity contribution in [3.05, 3.63) is 28.2 Å². The van der Waals surface area contributed by atoms with E-state index in [1.54, 1.807) is 14.2 Å². The normalized spacial score (nSPS) is 24.7. The Bertz CT molecular complexity index is 676. The van der Waals surface area contributed by atoms with Crippen LogP contribution in [0, 0.1) is 11.8 Å². The molecule has 2 aliphatic rings. The Morgan fingerprint density at radius 2 is 1.97 bits per heavy atom. The van der Waals surface area contributed by atoms with Crippen LogP contribution in [0.1, 0.15) is 50.5 Å². The molecule has 1 unspecified atom stereocenters. The molecule has 6 heteroatoms. The summed E-state index contributed by atoms with van der Waals surface area (Å²) in [7, 11) is 3.30. The van der Waals surface area contributed by atoms with Gasteiger partial charge in [-0.1, -0.05) is 15.9 Å². The molecule has 1 saturated carbocycles. The second-order valence-corrected chi connectivity index (χ2v) is 9.83. The number of ether oxygens (including phenoxy) is 2. The van der Waals surface area contributed by atoms with Crippen LogP contribution in [-0.4, -0.2) is 57.3 Å². The van der Waals surface area contributed by atoms with Crippen molar-refractivity contribution >= 4 is 21.8 Å². The number of rotatable bonds is 10. The molecule has 1 saturated heterocycles. The van der Waals surface area contributed by atoms with Crippen molar-refractivity contribution in [3.8, 4) is 5.75 Å². The minimum absolute atomic E-state index is 0.0190. The van der Waals surface area contributed by atoms with Crippen LogP contribution in [0.4, 0.5) is 0 Å². The second kappa shape index (κ2) is 12.1. The van der Waals surface area contributed by atoms with Crippen LogP contribution in [0.3, 0.4) is 0 Å². The highest BCUT2D eigenvalue weighted by atomic mass is 79.9. The Labute approximate surface area is 190 Å². The lowest BCUT2D eigenvalue weighted by atomic mass is 9.83. The lowest BCUT2D eigenvalue weighted by Crippen LogP contribution is -2.39. The van der Waals surface area contributed by atoms with Crippen LogP contribution in [0.2, 0.25) is 0 Å². The molecule has 168 valence electrons. The van der Waals surface area contributed by atoms with Gasteiger partial charge in [-0.25, -0.2) is 0 Å². The first-order valence-electron chi connectivity index (χ1n) is 11.4. The fraction of sp³-hybridized carbons (Fsp3) is 0.708. The molecule has 1 aliphatic heterocycles. The van der Waals surface area contributed by atoms with Gasteiger partial charge in [-0.3, -0.25) is 4.79 Å². The molecule has 0 bridgehead atoms. The summed E-state index contributed by atoms with van der Waals surface area (Å²) in [6, 6.07) is 6.62. The smallest absolute Gasteiger partial charge is 0.246 e. The number of methoxy groups -OCH3 is 2. The van der Waals surface area contributed by atoms with E-state index in [2.05, 4.69) is 38.3 Å². The molecule has 1 amide bonds. The summed E-state index contributed by atoms with van der Waals surface area (Å²) < 4.78 is 11.5. The minimum atomic E-state index is 0.0190. The first-order valence-corrected chi connectivity index (χ1v) is 12.2. The largest absolute Gasteiger partial charge is 0.497 e. The van der Waals surface area contributed by atoms with E-state index in [1.165, 1.54) is 61.8 Å². The summed E-state index contributed by atoms with van der Waals surface area (Å²) in [6.07, 6.45) is 9.72. The van der Waals surface area contributed by atoms with Gasteiger partial charge in [-0.05, 0) is 100 Å². The lowest BCUT2D eigenvalue weighted by molar-refractivity contribution is -0.125. The zero-order chi connectivity index (χ0) is 21.3. The number of likely N-dealkylation sites (tertiary alicyclic amines) is 1. The average molecular weight is 481 g/mol. The molecule has 3 rings (SSSR count). The summed E-state index contributed by atoms with van der Waals surface area (Å²) in [6.45, 7) is 3.83. The fourth-order valence-corrected chi connectivity index (χ4v) is 5.44. The molecule has 30 heavy (non-hydrogen) atoms. The summed E-state index contributed by atoms with van der Waals surface area (Å²) >= 11 is 3.69. The highest BCUT2D eigenvalue weighted by Gasteiger charge is 2.25. The summed E-state index contributed by atoms with van der Waals surface area (Å²) in [4.78, 5) is 14.3. The molecule has 1 N–H and O–H groups in total. The molecule has 2 fully saturated rings. The van der Waals surface area contributed by atoms with Crippen molar-refractivity contribution in [2.45, 2.75) is 57.4 Å². The molecule has 1 aliphatic carbocycles. The van der Waals surface area contributed by atoms with Gasteiger partial charge in [-0.15, -0.1) is 0 Å². The number of nitrogens with one attached hydrogen (secondary N) is 1. The molecule has 1 atom stereocenters. The molecule has 1 heterocycles. The monoisotopic (exact) mass is 480 g/mol. The number of benzene rings is 1. The van der Waals surface area contributed by atoms with Gasteiger partial charge in [0, 0.05) is 24.2 Å². The SMILES string of the molecule is COCC(=O)NC1CCC(CCCN2CCC(Cc3cc(OC)ccc3Br)C2)CC1. The minimum Gasteiger partial charge on any atom is -0.497 e. The number of carbonyl (C=O) groups excluding carboxylic acids is 1. The Kier molecular flexibility index (Phi) is 9.47. The summed E-state index contributed by atoms with van der Waals surface area (Å²) in [5.74, 6) is 2.52. The van der Waals surface area contributed by atoms with Crippen molar-refractivity contribution in [3.63, 3.8) is 0 Å². The first-order chi connectivity index (χ1) is 14.6. The van der Waals surface area contributed by atoms with Crippen LogP contribution in [-0.2, 0) is 16.0 Å². The van der Waals surface area contributed by atoms with Gasteiger partial charge in [0.05, 0.1) is 7.11 Å². The molecular weight excluding hydrogens is 444 g/mol. The van der Waals surface area contributed by atoms with E-state index in [0.717, 1.165) is 36.8 Å². The number of hydrogen-bond acceptors (Lipinski definition) is 4. The molecule has 0 radical (unpaired) electrons. The standard InChI is InChI=1S/C24H37BrN2O3/c1-29-17-24(28)26-21-7-5-18(6-8-21)4-3-12-27-13-11-19(16-27)14-20-15-22(30-2)9-10-23(20)25/h9-10,15,18-19,21H,3-8,11-14,16-17H2,1-2H3,(H,26,28). The topological polar surface area (TPSA) is 50.8 Å². The average Bonchev–Trinajstić information content (AvgIpc) is 3.18. The van der Waals surface area contributed by atoms with Crippen LogP contribution in [0.15, 0.2) is 22.7 Å².